The van der Waals surface area contributed by atoms with Crippen LogP contribution in [0.5, 0.6) is 5.75 Å². The normalized spacial score (nSPS) is 10.8. The number of amides is 1. The molecule has 0 fully saturated rings. The molecule has 0 aliphatic carbocycles. The Morgan fingerprint density at radius 1 is 1.12 bits per heavy atom. The summed E-state index contributed by atoms with van der Waals surface area (Å²) in [7, 11) is 0. The standard InChI is InChI=1S/C25H27N5O3/c1-17-8-9-19(12-22(17)31)10-11-26-24-23-18(2)21(14-30(23)29-16-28-24)13-27-25(32)33-15-20-6-4-3-5-7-20/h3-9,12,14,16,31H,10-11,13,15H2,1-2H3,(H,27,32)(H,26,28,29). The quantitative estimate of drug-likeness (QED) is 0.377. The first kappa shape index (κ1) is 22.1. The van der Waals surface area contributed by atoms with E-state index >= 15 is 0 Å². The number of carbonyl (C=O) groups is 1. The predicted molar refractivity (Wildman–Crippen MR) is 126 cm³/mol. The number of hydrogen-bond donors (Lipinski definition) is 3. The molecule has 0 saturated carbocycles. The number of fused-ring (bicyclic) bond motifs is 1. The molecule has 1 amide bonds. The van der Waals surface area contributed by atoms with Gasteiger partial charge in [-0.2, -0.15) is 5.10 Å². The molecule has 0 aliphatic heterocycles. The largest absolute Gasteiger partial charge is 0.508 e. The van der Waals surface area contributed by atoms with Crippen molar-refractivity contribution in [2.24, 2.45) is 0 Å². The molecule has 8 nitrogen and oxygen atoms in total. The summed E-state index contributed by atoms with van der Waals surface area (Å²) in [5, 5.41) is 20.4. The molecular formula is C25H27N5O3. The number of benzene rings is 2. The van der Waals surface area contributed by atoms with Crippen LogP contribution >= 0.6 is 0 Å². The Balaban J connectivity index is 1.37. The third kappa shape index (κ3) is 5.41. The van der Waals surface area contributed by atoms with Crippen molar-refractivity contribution in [3.63, 3.8) is 0 Å². The van der Waals surface area contributed by atoms with Crippen LogP contribution in [0.3, 0.4) is 0 Å². The Hall–Kier alpha value is -4.07. The number of aryl methyl sites for hydroxylation is 2. The summed E-state index contributed by atoms with van der Waals surface area (Å²) < 4.78 is 7.04. The van der Waals surface area contributed by atoms with Gasteiger partial charge in [-0.15, -0.1) is 0 Å². The van der Waals surface area contributed by atoms with Crippen molar-refractivity contribution in [1.29, 1.82) is 0 Å². The number of nitrogens with one attached hydrogen (secondary N) is 2. The van der Waals surface area contributed by atoms with E-state index in [1.807, 2.05) is 62.5 Å². The summed E-state index contributed by atoms with van der Waals surface area (Å²) in [6.45, 7) is 5.06. The van der Waals surface area contributed by atoms with E-state index in [1.54, 1.807) is 10.6 Å². The molecular weight excluding hydrogens is 418 g/mol. The van der Waals surface area contributed by atoms with E-state index in [-0.39, 0.29) is 6.61 Å². The van der Waals surface area contributed by atoms with Crippen LogP contribution in [0.1, 0.15) is 27.8 Å². The number of carbonyl (C=O) groups excluding carboxylic acids is 1. The fourth-order valence-electron chi connectivity index (χ4n) is 3.60. The molecule has 0 bridgehead atoms. The average Bonchev–Trinajstić information content (AvgIpc) is 3.15. The number of nitrogens with zero attached hydrogens (tertiary/aromatic N) is 3. The van der Waals surface area contributed by atoms with Crippen LogP contribution in [-0.4, -0.2) is 32.3 Å². The third-order valence-corrected chi connectivity index (χ3v) is 5.55. The number of alkyl carbamates (subject to hydrolysis) is 1. The maximum Gasteiger partial charge on any atom is 0.407 e. The van der Waals surface area contributed by atoms with Crippen molar-refractivity contribution < 1.29 is 14.6 Å². The van der Waals surface area contributed by atoms with Crippen molar-refractivity contribution in [3.05, 3.63) is 88.9 Å². The fourth-order valence-corrected chi connectivity index (χ4v) is 3.60. The molecule has 0 saturated heterocycles. The van der Waals surface area contributed by atoms with Gasteiger partial charge in [0.25, 0.3) is 0 Å². The maximum absolute atomic E-state index is 12.1. The number of anilines is 1. The first-order valence-corrected chi connectivity index (χ1v) is 10.8. The number of aromatic nitrogens is 3. The summed E-state index contributed by atoms with van der Waals surface area (Å²) in [5.74, 6) is 1.02. The number of hydrogen-bond acceptors (Lipinski definition) is 6. The molecule has 4 aromatic rings. The van der Waals surface area contributed by atoms with Gasteiger partial charge >= 0.3 is 6.09 Å². The van der Waals surface area contributed by atoms with Crippen LogP contribution in [0.4, 0.5) is 10.6 Å². The van der Waals surface area contributed by atoms with Gasteiger partial charge in [0, 0.05) is 19.3 Å². The lowest BCUT2D eigenvalue weighted by molar-refractivity contribution is 0.139. The van der Waals surface area contributed by atoms with E-state index in [9.17, 15) is 9.90 Å². The van der Waals surface area contributed by atoms with Crippen LogP contribution in [0, 0.1) is 13.8 Å². The van der Waals surface area contributed by atoms with Gasteiger partial charge < -0.3 is 20.5 Å². The van der Waals surface area contributed by atoms with Gasteiger partial charge in [0.05, 0.1) is 0 Å². The zero-order chi connectivity index (χ0) is 23.2. The highest BCUT2D eigenvalue weighted by Crippen LogP contribution is 2.23. The van der Waals surface area contributed by atoms with Crippen molar-refractivity contribution in [2.75, 3.05) is 11.9 Å². The van der Waals surface area contributed by atoms with Gasteiger partial charge in [0.1, 0.15) is 24.2 Å². The van der Waals surface area contributed by atoms with Gasteiger partial charge in [-0.3, -0.25) is 0 Å². The Bertz CT molecular complexity index is 1250. The Morgan fingerprint density at radius 2 is 1.94 bits per heavy atom. The molecule has 0 unspecified atom stereocenters. The van der Waals surface area contributed by atoms with Crippen molar-refractivity contribution >= 4 is 17.4 Å². The molecule has 0 atom stereocenters. The molecule has 33 heavy (non-hydrogen) atoms. The zero-order valence-corrected chi connectivity index (χ0v) is 18.7. The highest BCUT2D eigenvalue weighted by Gasteiger charge is 2.14. The molecule has 4 rings (SSSR count). The minimum absolute atomic E-state index is 0.224. The second-order valence-corrected chi connectivity index (χ2v) is 7.89. The first-order valence-electron chi connectivity index (χ1n) is 10.8. The Morgan fingerprint density at radius 3 is 2.73 bits per heavy atom. The lowest BCUT2D eigenvalue weighted by Crippen LogP contribution is -2.23. The topological polar surface area (TPSA) is 101 Å². The molecule has 2 aromatic heterocycles. The van der Waals surface area contributed by atoms with Crippen molar-refractivity contribution in [3.8, 4) is 5.75 Å². The zero-order valence-electron chi connectivity index (χ0n) is 18.7. The molecule has 0 radical (unpaired) electrons. The van der Waals surface area contributed by atoms with Gasteiger partial charge in [0.15, 0.2) is 5.82 Å². The second kappa shape index (κ2) is 10.0. The van der Waals surface area contributed by atoms with Crippen LogP contribution in [0.2, 0.25) is 0 Å². The molecule has 2 heterocycles. The first-order chi connectivity index (χ1) is 16.0. The molecule has 0 spiro atoms. The van der Waals surface area contributed by atoms with E-state index in [4.69, 9.17) is 4.74 Å². The second-order valence-electron chi connectivity index (χ2n) is 7.89. The summed E-state index contributed by atoms with van der Waals surface area (Å²) in [5.41, 5.74) is 5.61. The highest BCUT2D eigenvalue weighted by atomic mass is 16.5. The van der Waals surface area contributed by atoms with Crippen molar-refractivity contribution in [1.82, 2.24) is 19.9 Å². The van der Waals surface area contributed by atoms with Crippen molar-refractivity contribution in [2.45, 2.75) is 33.4 Å². The number of phenols is 1. The van der Waals surface area contributed by atoms with Gasteiger partial charge in [-0.25, -0.2) is 14.3 Å². The highest BCUT2D eigenvalue weighted by molar-refractivity contribution is 5.74. The fraction of sp³-hybridized carbons (Fsp3) is 0.240. The number of aromatic hydroxyl groups is 1. The maximum atomic E-state index is 12.1. The molecule has 170 valence electrons. The Kier molecular flexibility index (Phi) is 6.73. The summed E-state index contributed by atoms with van der Waals surface area (Å²) in [6, 6.07) is 15.3. The average molecular weight is 446 g/mol. The molecule has 0 aliphatic rings. The van der Waals surface area contributed by atoms with E-state index in [0.29, 0.717) is 18.8 Å². The lowest BCUT2D eigenvalue weighted by atomic mass is 10.1. The van der Waals surface area contributed by atoms with Crippen LogP contribution < -0.4 is 10.6 Å². The molecule has 8 heteroatoms. The van der Waals surface area contributed by atoms with Gasteiger partial charge in [-0.1, -0.05) is 42.5 Å². The van der Waals surface area contributed by atoms with Crippen LogP contribution in [0.25, 0.3) is 5.52 Å². The van der Waals surface area contributed by atoms with E-state index in [2.05, 4.69) is 20.7 Å². The van der Waals surface area contributed by atoms with Crippen LogP contribution in [-0.2, 0) is 24.3 Å². The number of ether oxygens (including phenoxy) is 1. The van der Waals surface area contributed by atoms with Crippen LogP contribution in [0.15, 0.2) is 61.1 Å². The number of phenolic OH excluding ortho intramolecular Hbond substituents is 1. The lowest BCUT2D eigenvalue weighted by Gasteiger charge is -2.09. The van der Waals surface area contributed by atoms with E-state index in [1.165, 1.54) is 6.33 Å². The Labute approximate surface area is 192 Å². The monoisotopic (exact) mass is 445 g/mol. The van der Waals surface area contributed by atoms with E-state index < -0.39 is 6.09 Å². The smallest absolute Gasteiger partial charge is 0.407 e. The SMILES string of the molecule is Cc1ccc(CCNc2ncnn3cc(CNC(=O)OCc4ccccc4)c(C)c23)cc1O. The summed E-state index contributed by atoms with van der Waals surface area (Å²) in [6.07, 6.45) is 3.65. The predicted octanol–water partition coefficient (Wildman–Crippen LogP) is 4.13. The minimum atomic E-state index is -0.473. The molecule has 2 aromatic carbocycles. The van der Waals surface area contributed by atoms with Gasteiger partial charge in [-0.05, 0) is 54.2 Å². The molecule has 3 N–H and O–H groups in total. The third-order valence-electron chi connectivity index (χ3n) is 5.55. The number of rotatable bonds is 8. The summed E-state index contributed by atoms with van der Waals surface area (Å²) in [4.78, 5) is 16.5. The minimum Gasteiger partial charge on any atom is -0.508 e. The summed E-state index contributed by atoms with van der Waals surface area (Å²) >= 11 is 0. The van der Waals surface area contributed by atoms with Gasteiger partial charge in [0.2, 0.25) is 0 Å². The van der Waals surface area contributed by atoms with E-state index in [0.717, 1.165) is 45.6 Å².